The summed E-state index contributed by atoms with van der Waals surface area (Å²) < 4.78 is 0. The Hall–Kier alpha value is -3.40. The van der Waals surface area contributed by atoms with E-state index in [0.29, 0.717) is 0 Å². The molecule has 0 fully saturated rings. The van der Waals surface area contributed by atoms with Gasteiger partial charge in [0, 0.05) is 37.2 Å². The van der Waals surface area contributed by atoms with Crippen LogP contribution in [0.5, 0.6) is 0 Å². The van der Waals surface area contributed by atoms with Gasteiger partial charge in [0.25, 0.3) is 0 Å². The molecule has 2 aliphatic rings. The molecule has 0 aromatic carbocycles. The van der Waals surface area contributed by atoms with Gasteiger partial charge in [-0.05, 0) is 59.7 Å². The first-order chi connectivity index (χ1) is 11.9. The molecule has 2 aromatic heterocycles. The predicted octanol–water partition coefficient (Wildman–Crippen LogP) is 4.17. The van der Waals surface area contributed by atoms with E-state index >= 15 is 0 Å². The van der Waals surface area contributed by atoms with Gasteiger partial charge in [-0.25, -0.2) is 9.97 Å². The Kier molecular flexibility index (Phi) is 3.78. The summed E-state index contributed by atoms with van der Waals surface area (Å²) in [6.07, 6.45) is 20.1. The van der Waals surface area contributed by atoms with E-state index in [9.17, 15) is 0 Å². The van der Waals surface area contributed by atoms with Crippen molar-refractivity contribution in [3.05, 3.63) is 109 Å². The zero-order chi connectivity index (χ0) is 16.2. The van der Waals surface area contributed by atoms with Crippen molar-refractivity contribution in [2.45, 2.75) is 0 Å². The number of pyridine rings is 2. The van der Waals surface area contributed by atoms with Crippen molar-refractivity contribution in [1.29, 1.82) is 0 Å². The molecule has 2 aromatic rings. The lowest BCUT2D eigenvalue weighted by Crippen LogP contribution is -2.13. The fraction of sp³-hybridized carbons (Fsp3) is 0. The van der Waals surface area contributed by atoms with Crippen LogP contribution in [0.25, 0.3) is 0 Å². The van der Waals surface area contributed by atoms with Gasteiger partial charge < -0.3 is 9.80 Å². The summed E-state index contributed by atoms with van der Waals surface area (Å²) in [5.74, 6) is 1.82. The minimum Gasteiger partial charge on any atom is -0.309 e. The van der Waals surface area contributed by atoms with Gasteiger partial charge in [0.1, 0.15) is 11.6 Å². The maximum Gasteiger partial charge on any atom is 0.136 e. The minimum atomic E-state index is 0.908. The quantitative estimate of drug-likeness (QED) is 0.833. The Labute approximate surface area is 141 Å². The second-order valence-corrected chi connectivity index (χ2v) is 5.36. The molecule has 4 heteroatoms. The molecule has 2 aliphatic heterocycles. The molecule has 0 N–H and O–H groups in total. The van der Waals surface area contributed by atoms with E-state index in [-0.39, 0.29) is 0 Å². The molecule has 0 radical (unpaired) electrons. The standard InChI is InChI=1S/C20H16N4/c1-3-11-21-19(5-1)23-13-7-17(8-14-23)18-9-15-24(16-10-18)20-6-2-4-12-22-20/h1-16H. The van der Waals surface area contributed by atoms with E-state index < -0.39 is 0 Å². The SMILES string of the molecule is C1=CN(c2ccccn2)C=CC1=C1C=CN(c2ccccn2)C=C1. The summed E-state index contributed by atoms with van der Waals surface area (Å²) >= 11 is 0. The summed E-state index contributed by atoms with van der Waals surface area (Å²) in [6, 6.07) is 11.8. The normalized spacial score (nSPS) is 16.2. The summed E-state index contributed by atoms with van der Waals surface area (Å²) in [7, 11) is 0. The van der Waals surface area contributed by atoms with Crippen molar-refractivity contribution in [1.82, 2.24) is 9.97 Å². The van der Waals surface area contributed by atoms with Crippen molar-refractivity contribution in [2.24, 2.45) is 0 Å². The zero-order valence-corrected chi connectivity index (χ0v) is 13.0. The lowest BCUT2D eigenvalue weighted by molar-refractivity contribution is 1.14. The monoisotopic (exact) mass is 312 g/mol. The second kappa shape index (κ2) is 6.38. The average Bonchev–Trinajstić information content (AvgIpc) is 2.70. The van der Waals surface area contributed by atoms with Crippen molar-refractivity contribution in [3.8, 4) is 0 Å². The molecular weight excluding hydrogens is 296 g/mol. The molecule has 0 saturated carbocycles. The summed E-state index contributed by atoms with van der Waals surface area (Å²) in [4.78, 5) is 12.7. The molecule has 4 nitrogen and oxygen atoms in total. The van der Waals surface area contributed by atoms with Crippen LogP contribution in [0.3, 0.4) is 0 Å². The average molecular weight is 312 g/mol. The second-order valence-electron chi connectivity index (χ2n) is 5.36. The third-order valence-electron chi connectivity index (χ3n) is 3.82. The summed E-state index contributed by atoms with van der Waals surface area (Å²) in [5.41, 5.74) is 2.32. The van der Waals surface area contributed by atoms with Crippen LogP contribution in [0.4, 0.5) is 11.6 Å². The van der Waals surface area contributed by atoms with E-state index in [2.05, 4.69) is 34.3 Å². The van der Waals surface area contributed by atoms with Gasteiger partial charge in [0.15, 0.2) is 0 Å². The Morgan fingerprint density at radius 1 is 0.542 bits per heavy atom. The van der Waals surface area contributed by atoms with Crippen LogP contribution < -0.4 is 9.80 Å². The third kappa shape index (κ3) is 2.90. The van der Waals surface area contributed by atoms with Gasteiger partial charge in [-0.3, -0.25) is 0 Å². The van der Waals surface area contributed by atoms with Gasteiger partial charge >= 0.3 is 0 Å². The van der Waals surface area contributed by atoms with Crippen molar-refractivity contribution in [3.63, 3.8) is 0 Å². The van der Waals surface area contributed by atoms with Gasteiger partial charge in [-0.15, -0.1) is 0 Å². The summed E-state index contributed by atoms with van der Waals surface area (Å²) in [6.45, 7) is 0. The van der Waals surface area contributed by atoms with Crippen LogP contribution in [0.1, 0.15) is 0 Å². The molecule has 0 aliphatic carbocycles. The smallest absolute Gasteiger partial charge is 0.136 e. The van der Waals surface area contributed by atoms with Gasteiger partial charge in [-0.1, -0.05) is 12.1 Å². The molecule has 0 atom stereocenters. The maximum absolute atomic E-state index is 4.35. The minimum absolute atomic E-state index is 0.908. The van der Waals surface area contributed by atoms with Crippen LogP contribution in [0.2, 0.25) is 0 Å². The van der Waals surface area contributed by atoms with Crippen LogP contribution in [0, 0.1) is 0 Å². The molecule has 0 unspecified atom stereocenters. The highest BCUT2D eigenvalue weighted by Gasteiger charge is 2.09. The van der Waals surface area contributed by atoms with E-state index in [4.69, 9.17) is 0 Å². The lowest BCUT2D eigenvalue weighted by Gasteiger charge is -2.20. The first-order valence-corrected chi connectivity index (χ1v) is 7.76. The highest BCUT2D eigenvalue weighted by Crippen LogP contribution is 2.23. The molecule has 0 amide bonds. The van der Waals surface area contributed by atoms with Crippen LogP contribution in [0.15, 0.2) is 109 Å². The Morgan fingerprint density at radius 3 is 1.29 bits per heavy atom. The van der Waals surface area contributed by atoms with Crippen molar-refractivity contribution in [2.75, 3.05) is 9.80 Å². The third-order valence-corrected chi connectivity index (χ3v) is 3.82. The van der Waals surface area contributed by atoms with Crippen LogP contribution in [-0.2, 0) is 0 Å². The molecule has 0 bridgehead atoms. The number of hydrogen-bond acceptors (Lipinski definition) is 4. The molecule has 0 spiro atoms. The van der Waals surface area contributed by atoms with Crippen LogP contribution >= 0.6 is 0 Å². The fourth-order valence-electron chi connectivity index (χ4n) is 2.56. The van der Waals surface area contributed by atoms with Gasteiger partial charge in [-0.2, -0.15) is 0 Å². The molecule has 0 saturated heterocycles. The molecule has 24 heavy (non-hydrogen) atoms. The molecular formula is C20H16N4. The number of aromatic nitrogens is 2. The van der Waals surface area contributed by atoms with E-state index in [0.717, 1.165) is 22.8 Å². The fourth-order valence-corrected chi connectivity index (χ4v) is 2.56. The zero-order valence-electron chi connectivity index (χ0n) is 13.0. The Morgan fingerprint density at radius 2 is 0.958 bits per heavy atom. The lowest BCUT2D eigenvalue weighted by atomic mass is 10.0. The molecule has 4 heterocycles. The van der Waals surface area contributed by atoms with Crippen molar-refractivity contribution < 1.29 is 0 Å². The van der Waals surface area contributed by atoms with E-state index in [1.807, 2.05) is 71.0 Å². The predicted molar refractivity (Wildman–Crippen MR) is 97.0 cm³/mol. The largest absolute Gasteiger partial charge is 0.309 e. The van der Waals surface area contributed by atoms with E-state index in [1.54, 1.807) is 12.4 Å². The first kappa shape index (κ1) is 14.2. The molecule has 116 valence electrons. The Bertz CT molecular complexity index is 756. The number of allylic oxidation sites excluding steroid dienone is 6. The molecule has 4 rings (SSSR count). The van der Waals surface area contributed by atoms with E-state index in [1.165, 1.54) is 0 Å². The topological polar surface area (TPSA) is 32.3 Å². The van der Waals surface area contributed by atoms with Crippen molar-refractivity contribution >= 4 is 11.6 Å². The number of anilines is 2. The number of hydrogen-bond donors (Lipinski definition) is 0. The first-order valence-electron chi connectivity index (χ1n) is 7.76. The Balaban J connectivity index is 1.52. The van der Waals surface area contributed by atoms with Gasteiger partial charge in [0.2, 0.25) is 0 Å². The maximum atomic E-state index is 4.35. The van der Waals surface area contributed by atoms with Gasteiger partial charge in [0.05, 0.1) is 0 Å². The van der Waals surface area contributed by atoms with Crippen LogP contribution in [-0.4, -0.2) is 9.97 Å². The summed E-state index contributed by atoms with van der Waals surface area (Å²) in [5, 5.41) is 0. The highest BCUT2D eigenvalue weighted by molar-refractivity contribution is 5.59. The number of rotatable bonds is 2. The number of nitrogens with zero attached hydrogens (tertiary/aromatic N) is 4. The highest BCUT2D eigenvalue weighted by atomic mass is 15.2.